The molecule has 1 saturated heterocycles. The average Bonchev–Trinajstić information content (AvgIpc) is 2.70. The third-order valence-corrected chi connectivity index (χ3v) is 5.33. The van der Waals surface area contributed by atoms with Crippen LogP contribution in [0.15, 0.2) is 24.3 Å². The van der Waals surface area contributed by atoms with Crippen molar-refractivity contribution in [1.29, 1.82) is 0 Å². The van der Waals surface area contributed by atoms with Crippen LogP contribution in [0, 0.1) is 0 Å². The average molecular weight is 345 g/mol. The number of nitrogens with zero attached hydrogens (tertiary/aromatic N) is 2. The van der Waals surface area contributed by atoms with Gasteiger partial charge in [0.2, 0.25) is 15.9 Å². The van der Waals surface area contributed by atoms with Gasteiger partial charge in [-0.05, 0) is 30.5 Å². The summed E-state index contributed by atoms with van der Waals surface area (Å²) in [6, 6.07) is 7.50. The van der Waals surface area contributed by atoms with Crippen LogP contribution in [0.2, 0.25) is 5.02 Å². The summed E-state index contributed by atoms with van der Waals surface area (Å²) < 4.78 is 24.6. The van der Waals surface area contributed by atoms with Crippen molar-refractivity contribution in [3.05, 3.63) is 34.9 Å². The summed E-state index contributed by atoms with van der Waals surface area (Å²) in [5.41, 5.74) is 1.04. The second-order valence-corrected chi connectivity index (χ2v) is 7.95. The molecule has 22 heavy (non-hydrogen) atoms. The highest BCUT2D eigenvalue weighted by atomic mass is 35.5. The number of aryl methyl sites for hydroxylation is 1. The second-order valence-electron chi connectivity index (χ2n) is 5.53. The minimum atomic E-state index is -3.18. The molecule has 0 bridgehead atoms. The summed E-state index contributed by atoms with van der Waals surface area (Å²) in [5.74, 6) is 0.0651. The van der Waals surface area contributed by atoms with Crippen molar-refractivity contribution in [1.82, 2.24) is 9.21 Å². The molecule has 0 spiro atoms. The van der Waals surface area contributed by atoms with Gasteiger partial charge in [0.25, 0.3) is 0 Å². The molecule has 0 aliphatic carbocycles. The van der Waals surface area contributed by atoms with Crippen LogP contribution in [-0.4, -0.2) is 56.0 Å². The molecule has 0 aromatic heterocycles. The molecule has 0 saturated carbocycles. The van der Waals surface area contributed by atoms with Crippen LogP contribution in [0.4, 0.5) is 0 Å². The number of carbonyl (C=O) groups is 1. The van der Waals surface area contributed by atoms with E-state index in [1.165, 1.54) is 10.6 Å². The molecule has 1 aliphatic rings. The molecule has 5 nitrogen and oxygen atoms in total. The number of sulfonamides is 1. The van der Waals surface area contributed by atoms with Gasteiger partial charge in [0, 0.05) is 37.6 Å². The van der Waals surface area contributed by atoms with Crippen LogP contribution in [0.5, 0.6) is 0 Å². The van der Waals surface area contributed by atoms with Gasteiger partial charge in [0.15, 0.2) is 0 Å². The van der Waals surface area contributed by atoms with Gasteiger partial charge >= 0.3 is 0 Å². The number of halogens is 1. The van der Waals surface area contributed by atoms with Gasteiger partial charge in [0.1, 0.15) is 0 Å². The molecule has 0 N–H and O–H groups in total. The molecule has 0 unspecified atom stereocenters. The molecule has 1 aromatic rings. The van der Waals surface area contributed by atoms with Crippen LogP contribution >= 0.6 is 11.6 Å². The van der Waals surface area contributed by atoms with Gasteiger partial charge in [0.05, 0.1) is 6.26 Å². The van der Waals surface area contributed by atoms with E-state index < -0.39 is 10.0 Å². The van der Waals surface area contributed by atoms with Gasteiger partial charge < -0.3 is 4.90 Å². The predicted molar refractivity (Wildman–Crippen MR) is 87.4 cm³/mol. The van der Waals surface area contributed by atoms with Gasteiger partial charge in [-0.15, -0.1) is 0 Å². The first-order valence-corrected chi connectivity index (χ1v) is 9.56. The summed E-state index contributed by atoms with van der Waals surface area (Å²) >= 11 is 5.93. The number of carbonyl (C=O) groups excluding carboxylic acids is 1. The van der Waals surface area contributed by atoms with Crippen LogP contribution in [0.25, 0.3) is 0 Å². The maximum absolute atomic E-state index is 12.3. The van der Waals surface area contributed by atoms with E-state index in [4.69, 9.17) is 11.6 Å². The molecule has 1 aromatic carbocycles. The van der Waals surface area contributed by atoms with Crippen molar-refractivity contribution in [2.75, 3.05) is 32.4 Å². The van der Waals surface area contributed by atoms with E-state index in [0.29, 0.717) is 50.5 Å². The van der Waals surface area contributed by atoms with Gasteiger partial charge in [-0.1, -0.05) is 23.7 Å². The summed E-state index contributed by atoms with van der Waals surface area (Å²) in [4.78, 5) is 14.1. The summed E-state index contributed by atoms with van der Waals surface area (Å²) in [6.45, 7) is 1.93. The monoisotopic (exact) mass is 344 g/mol. The lowest BCUT2D eigenvalue weighted by Gasteiger charge is -2.21. The lowest BCUT2D eigenvalue weighted by molar-refractivity contribution is -0.131. The minimum absolute atomic E-state index is 0.0651. The molecule has 122 valence electrons. The number of hydrogen-bond donors (Lipinski definition) is 0. The van der Waals surface area contributed by atoms with Crippen molar-refractivity contribution >= 4 is 27.5 Å². The van der Waals surface area contributed by atoms with E-state index in [9.17, 15) is 13.2 Å². The highest BCUT2D eigenvalue weighted by Gasteiger charge is 2.23. The molecule has 1 amide bonds. The number of hydrogen-bond acceptors (Lipinski definition) is 3. The van der Waals surface area contributed by atoms with Crippen molar-refractivity contribution in [3.8, 4) is 0 Å². The van der Waals surface area contributed by atoms with Crippen LogP contribution < -0.4 is 0 Å². The Balaban J connectivity index is 1.88. The van der Waals surface area contributed by atoms with E-state index >= 15 is 0 Å². The van der Waals surface area contributed by atoms with E-state index in [1.54, 1.807) is 11.0 Å². The first-order chi connectivity index (χ1) is 10.4. The normalized spacial score (nSPS) is 17.3. The standard InChI is InChI=1S/C15H21ClN2O3S/c1-22(20,21)18-9-3-8-17(10-11-18)15(19)7-6-13-4-2-5-14(16)12-13/h2,4-5,12H,3,6-11H2,1H3. The lowest BCUT2D eigenvalue weighted by Crippen LogP contribution is -2.37. The summed E-state index contributed by atoms with van der Waals surface area (Å²) in [7, 11) is -3.18. The molecule has 2 rings (SSSR count). The zero-order valence-electron chi connectivity index (χ0n) is 12.7. The third-order valence-electron chi connectivity index (χ3n) is 3.79. The number of benzene rings is 1. The van der Waals surface area contributed by atoms with E-state index in [0.717, 1.165) is 5.56 Å². The first-order valence-electron chi connectivity index (χ1n) is 7.33. The molecule has 1 fully saturated rings. The fourth-order valence-electron chi connectivity index (χ4n) is 2.58. The van der Waals surface area contributed by atoms with Gasteiger partial charge in [-0.2, -0.15) is 0 Å². The highest BCUT2D eigenvalue weighted by Crippen LogP contribution is 2.14. The molecule has 1 heterocycles. The third kappa shape index (κ3) is 4.97. The van der Waals surface area contributed by atoms with Gasteiger partial charge in [-0.25, -0.2) is 12.7 Å². The fourth-order valence-corrected chi connectivity index (χ4v) is 3.66. The van der Waals surface area contributed by atoms with Crippen LogP contribution in [0.3, 0.4) is 0 Å². The zero-order valence-corrected chi connectivity index (χ0v) is 14.2. The van der Waals surface area contributed by atoms with Gasteiger partial charge in [-0.3, -0.25) is 4.79 Å². The Labute approximate surface area is 136 Å². The highest BCUT2D eigenvalue weighted by molar-refractivity contribution is 7.88. The Bertz CT molecular complexity index is 633. The molecular weight excluding hydrogens is 324 g/mol. The molecule has 1 aliphatic heterocycles. The fraction of sp³-hybridized carbons (Fsp3) is 0.533. The summed E-state index contributed by atoms with van der Waals surface area (Å²) in [5, 5.41) is 0.670. The van der Waals surface area contributed by atoms with E-state index in [1.807, 2.05) is 18.2 Å². The SMILES string of the molecule is CS(=O)(=O)N1CCCN(C(=O)CCc2cccc(Cl)c2)CC1. The Morgan fingerprint density at radius 2 is 2.00 bits per heavy atom. The summed E-state index contributed by atoms with van der Waals surface area (Å²) in [6.07, 6.45) is 2.95. The van der Waals surface area contributed by atoms with Crippen LogP contribution in [0.1, 0.15) is 18.4 Å². The number of rotatable bonds is 4. The number of amides is 1. The van der Waals surface area contributed by atoms with Crippen molar-refractivity contribution in [3.63, 3.8) is 0 Å². The van der Waals surface area contributed by atoms with E-state index in [-0.39, 0.29) is 5.91 Å². The van der Waals surface area contributed by atoms with Crippen molar-refractivity contribution in [2.45, 2.75) is 19.3 Å². The maximum Gasteiger partial charge on any atom is 0.222 e. The molecule has 0 atom stereocenters. The topological polar surface area (TPSA) is 57.7 Å². The van der Waals surface area contributed by atoms with Crippen molar-refractivity contribution < 1.29 is 13.2 Å². The quantitative estimate of drug-likeness (QED) is 0.836. The Kier molecular flexibility index (Phi) is 5.83. The smallest absolute Gasteiger partial charge is 0.222 e. The maximum atomic E-state index is 12.3. The Morgan fingerprint density at radius 1 is 1.23 bits per heavy atom. The lowest BCUT2D eigenvalue weighted by atomic mass is 10.1. The van der Waals surface area contributed by atoms with Crippen molar-refractivity contribution in [2.24, 2.45) is 0 Å². The zero-order chi connectivity index (χ0) is 16.2. The predicted octanol–water partition coefficient (Wildman–Crippen LogP) is 1.77. The van der Waals surface area contributed by atoms with Crippen LogP contribution in [-0.2, 0) is 21.2 Å². The second kappa shape index (κ2) is 7.44. The molecular formula is C15H21ClN2O3S. The van der Waals surface area contributed by atoms with E-state index in [2.05, 4.69) is 0 Å². The molecule has 0 radical (unpaired) electrons. The molecule has 7 heteroatoms. The minimum Gasteiger partial charge on any atom is -0.341 e. The largest absolute Gasteiger partial charge is 0.341 e. The first kappa shape index (κ1) is 17.2. The Hall–Kier alpha value is -1.11. The Morgan fingerprint density at radius 3 is 2.68 bits per heavy atom.